The largest absolute Gasteiger partial charge is 0.275 e. The molecule has 0 unspecified atom stereocenters. The summed E-state index contributed by atoms with van der Waals surface area (Å²) >= 11 is 11.8. The van der Waals surface area contributed by atoms with Crippen molar-refractivity contribution < 1.29 is 9.59 Å². The fourth-order valence-electron chi connectivity index (χ4n) is 1.29. The minimum Gasteiger partial charge on any atom is -0.275 e. The van der Waals surface area contributed by atoms with Crippen LogP contribution in [-0.4, -0.2) is 15.5 Å². The van der Waals surface area contributed by atoms with Crippen molar-refractivity contribution in [3.8, 4) is 10.6 Å². The second-order valence-corrected chi connectivity index (χ2v) is 4.80. The van der Waals surface area contributed by atoms with Crippen LogP contribution in [0.15, 0.2) is 30.3 Å². The van der Waals surface area contributed by atoms with Crippen LogP contribution >= 0.6 is 34.5 Å². The van der Waals surface area contributed by atoms with Gasteiger partial charge in [0.1, 0.15) is 15.6 Å². The molecule has 0 bridgehead atoms. The van der Waals surface area contributed by atoms with Crippen molar-refractivity contribution >= 4 is 45.0 Å². The molecule has 1 aromatic heterocycles. The minimum atomic E-state index is -0.785. The van der Waals surface area contributed by atoms with E-state index in [0.29, 0.717) is 5.01 Å². The standard InChI is InChI=1S/C11H5Cl2NO2S/c12-9(15)7-8(10(13)16)17-11(14-7)6-4-2-1-3-5-6/h1-5H. The van der Waals surface area contributed by atoms with Gasteiger partial charge >= 0.3 is 0 Å². The van der Waals surface area contributed by atoms with Gasteiger partial charge in [-0.15, -0.1) is 11.3 Å². The second kappa shape index (κ2) is 4.96. The maximum Gasteiger partial charge on any atom is 0.272 e. The van der Waals surface area contributed by atoms with Crippen molar-refractivity contribution in [2.24, 2.45) is 0 Å². The smallest absolute Gasteiger partial charge is 0.272 e. The average molecular weight is 286 g/mol. The molecule has 0 amide bonds. The van der Waals surface area contributed by atoms with Gasteiger partial charge in [-0.25, -0.2) is 4.98 Å². The molecule has 0 saturated carbocycles. The fourth-order valence-corrected chi connectivity index (χ4v) is 2.59. The lowest BCUT2D eigenvalue weighted by Crippen LogP contribution is -1.97. The molecule has 0 aliphatic rings. The summed E-state index contributed by atoms with van der Waals surface area (Å²) in [6, 6.07) is 9.17. The van der Waals surface area contributed by atoms with E-state index in [1.807, 2.05) is 30.3 Å². The molecule has 2 aromatic rings. The van der Waals surface area contributed by atoms with Crippen molar-refractivity contribution in [3.05, 3.63) is 40.9 Å². The summed E-state index contributed by atoms with van der Waals surface area (Å²) in [6.45, 7) is 0. The molecule has 0 saturated heterocycles. The third-order valence-corrected chi connectivity index (χ3v) is 3.60. The van der Waals surface area contributed by atoms with Crippen molar-refractivity contribution in [3.63, 3.8) is 0 Å². The quantitative estimate of drug-likeness (QED) is 0.810. The van der Waals surface area contributed by atoms with Gasteiger partial charge in [-0.05, 0) is 23.2 Å². The monoisotopic (exact) mass is 285 g/mol. The highest BCUT2D eigenvalue weighted by Gasteiger charge is 2.21. The first-order valence-electron chi connectivity index (χ1n) is 4.55. The Morgan fingerprint density at radius 3 is 2.18 bits per heavy atom. The number of nitrogens with zero attached hydrogens (tertiary/aromatic N) is 1. The molecule has 3 nitrogen and oxygen atoms in total. The highest BCUT2D eigenvalue weighted by atomic mass is 35.5. The second-order valence-electron chi connectivity index (χ2n) is 3.11. The van der Waals surface area contributed by atoms with Crippen LogP contribution in [0.5, 0.6) is 0 Å². The van der Waals surface area contributed by atoms with Crippen molar-refractivity contribution in [2.75, 3.05) is 0 Å². The number of hydrogen-bond donors (Lipinski definition) is 0. The molecule has 0 spiro atoms. The van der Waals surface area contributed by atoms with Crippen molar-refractivity contribution in [2.45, 2.75) is 0 Å². The lowest BCUT2D eigenvalue weighted by atomic mass is 10.2. The zero-order chi connectivity index (χ0) is 12.4. The summed E-state index contributed by atoms with van der Waals surface area (Å²) in [5.41, 5.74) is 0.719. The fraction of sp³-hybridized carbons (Fsp3) is 0. The molecule has 6 heteroatoms. The van der Waals surface area contributed by atoms with Crippen LogP contribution in [0.2, 0.25) is 0 Å². The molecule has 0 atom stereocenters. The van der Waals surface area contributed by atoms with Crippen LogP contribution in [0.25, 0.3) is 10.6 Å². The van der Waals surface area contributed by atoms with E-state index in [-0.39, 0.29) is 10.6 Å². The topological polar surface area (TPSA) is 47.0 Å². The zero-order valence-corrected chi connectivity index (χ0v) is 10.6. The van der Waals surface area contributed by atoms with Gasteiger partial charge in [-0.1, -0.05) is 30.3 Å². The van der Waals surface area contributed by atoms with Gasteiger partial charge in [0.15, 0.2) is 0 Å². The van der Waals surface area contributed by atoms with Gasteiger partial charge in [0.25, 0.3) is 10.5 Å². The minimum absolute atomic E-state index is 0.0746. The van der Waals surface area contributed by atoms with Gasteiger partial charge in [0.05, 0.1) is 0 Å². The maximum atomic E-state index is 11.1. The predicted molar refractivity (Wildman–Crippen MR) is 67.9 cm³/mol. The third-order valence-electron chi connectivity index (χ3n) is 2.01. The first-order chi connectivity index (χ1) is 8.09. The van der Waals surface area contributed by atoms with E-state index < -0.39 is 10.5 Å². The van der Waals surface area contributed by atoms with Crippen LogP contribution in [-0.2, 0) is 0 Å². The molecule has 0 N–H and O–H groups in total. The van der Waals surface area contributed by atoms with E-state index in [4.69, 9.17) is 23.2 Å². The third kappa shape index (κ3) is 2.54. The van der Waals surface area contributed by atoms with Gasteiger partial charge in [0.2, 0.25) is 0 Å². The number of halogens is 2. The van der Waals surface area contributed by atoms with Crippen LogP contribution in [0.4, 0.5) is 0 Å². The lowest BCUT2D eigenvalue weighted by molar-refractivity contribution is 0.105. The van der Waals surface area contributed by atoms with Gasteiger partial charge in [-0.3, -0.25) is 9.59 Å². The number of thiazole rings is 1. The van der Waals surface area contributed by atoms with Crippen LogP contribution in [0.1, 0.15) is 20.2 Å². The summed E-state index contributed by atoms with van der Waals surface area (Å²) in [5.74, 6) is 0. The van der Waals surface area contributed by atoms with Crippen LogP contribution in [0.3, 0.4) is 0 Å². The summed E-state index contributed by atoms with van der Waals surface area (Å²) in [7, 11) is 0. The number of aromatic nitrogens is 1. The van der Waals surface area contributed by atoms with E-state index in [9.17, 15) is 9.59 Å². The average Bonchev–Trinajstić information content (AvgIpc) is 2.75. The van der Waals surface area contributed by atoms with Crippen molar-refractivity contribution in [1.29, 1.82) is 0 Å². The Kier molecular flexibility index (Phi) is 3.57. The molecular weight excluding hydrogens is 281 g/mol. The zero-order valence-electron chi connectivity index (χ0n) is 8.31. The summed E-state index contributed by atoms with van der Waals surface area (Å²) in [4.78, 5) is 26.4. The molecule has 0 radical (unpaired) electrons. The van der Waals surface area contributed by atoms with Crippen LogP contribution in [0, 0.1) is 0 Å². The van der Waals surface area contributed by atoms with Crippen molar-refractivity contribution in [1.82, 2.24) is 4.98 Å². The Morgan fingerprint density at radius 2 is 1.71 bits per heavy atom. The Morgan fingerprint density at radius 1 is 1.06 bits per heavy atom. The highest BCUT2D eigenvalue weighted by molar-refractivity contribution is 7.19. The van der Waals surface area contributed by atoms with E-state index in [0.717, 1.165) is 16.9 Å². The Hall–Kier alpha value is -1.23. The molecule has 1 heterocycles. The Bertz CT molecular complexity index is 549. The van der Waals surface area contributed by atoms with Gasteiger partial charge in [0, 0.05) is 5.56 Å². The number of carbonyl (C=O) groups excluding carboxylic acids is 2. The molecular formula is C11H5Cl2NO2S. The molecule has 2 rings (SSSR count). The predicted octanol–water partition coefficient (Wildman–Crippen LogP) is 3.57. The number of hydrogen-bond acceptors (Lipinski definition) is 4. The van der Waals surface area contributed by atoms with Crippen LogP contribution < -0.4 is 0 Å². The Labute approximate surface area is 111 Å². The maximum absolute atomic E-state index is 11.1. The molecule has 0 aliphatic carbocycles. The number of carbonyl (C=O) groups is 2. The van der Waals surface area contributed by atoms with E-state index in [2.05, 4.69) is 4.98 Å². The summed E-state index contributed by atoms with van der Waals surface area (Å²) in [5, 5.41) is -0.972. The molecule has 1 aromatic carbocycles. The van der Waals surface area contributed by atoms with E-state index in [1.54, 1.807) is 0 Å². The summed E-state index contributed by atoms with van der Waals surface area (Å²) in [6.07, 6.45) is 0. The van der Waals surface area contributed by atoms with E-state index >= 15 is 0 Å². The number of benzene rings is 1. The van der Waals surface area contributed by atoms with E-state index in [1.165, 1.54) is 0 Å². The first-order valence-corrected chi connectivity index (χ1v) is 6.12. The molecule has 17 heavy (non-hydrogen) atoms. The lowest BCUT2D eigenvalue weighted by Gasteiger charge is -1.92. The molecule has 86 valence electrons. The molecule has 0 fully saturated rings. The highest BCUT2D eigenvalue weighted by Crippen LogP contribution is 2.29. The SMILES string of the molecule is O=C(Cl)c1nc(-c2ccccc2)sc1C(=O)Cl. The molecule has 0 aliphatic heterocycles. The normalized spacial score (nSPS) is 10.2. The van der Waals surface area contributed by atoms with Gasteiger partial charge in [-0.2, -0.15) is 0 Å². The first kappa shape index (κ1) is 12.2. The Balaban J connectivity index is 2.55. The number of rotatable bonds is 3. The van der Waals surface area contributed by atoms with Gasteiger partial charge < -0.3 is 0 Å². The summed E-state index contributed by atoms with van der Waals surface area (Å²) < 4.78 is 0.